The number of amides is 4. The van der Waals surface area contributed by atoms with Crippen molar-refractivity contribution in [3.05, 3.63) is 34.9 Å². The molecule has 3 heterocycles. The quantitative estimate of drug-likeness (QED) is 0.626. The van der Waals surface area contributed by atoms with E-state index in [1.54, 1.807) is 12.1 Å². The van der Waals surface area contributed by atoms with E-state index in [2.05, 4.69) is 29.8 Å². The third-order valence-corrected chi connectivity index (χ3v) is 5.93. The Bertz CT molecular complexity index is 895. The molecule has 2 saturated heterocycles. The van der Waals surface area contributed by atoms with Crippen LogP contribution in [0.1, 0.15) is 59.4 Å². The molecule has 0 saturated carbocycles. The number of carbonyl (C=O) groups is 4. The predicted molar refractivity (Wildman–Crippen MR) is 105 cm³/mol. The number of piperidine rings is 1. The second-order valence-electron chi connectivity index (χ2n) is 8.86. The Labute approximate surface area is 169 Å². The van der Waals surface area contributed by atoms with Gasteiger partial charge in [-0.1, -0.05) is 26.0 Å². The first-order valence-electron chi connectivity index (χ1n) is 10.0. The van der Waals surface area contributed by atoms with Crippen molar-refractivity contribution in [3.8, 4) is 0 Å². The van der Waals surface area contributed by atoms with Gasteiger partial charge in [0, 0.05) is 32.1 Å². The van der Waals surface area contributed by atoms with E-state index in [0.29, 0.717) is 23.7 Å². The van der Waals surface area contributed by atoms with E-state index in [4.69, 9.17) is 0 Å². The minimum atomic E-state index is -0.939. The highest BCUT2D eigenvalue weighted by molar-refractivity contribution is 6.24. The van der Waals surface area contributed by atoms with Crippen LogP contribution in [0.2, 0.25) is 0 Å². The fourth-order valence-corrected chi connectivity index (χ4v) is 4.49. The Morgan fingerprint density at radius 3 is 2.66 bits per heavy atom. The summed E-state index contributed by atoms with van der Waals surface area (Å²) in [6.07, 6.45) is 1.35. The standard InChI is InChI=1S/C21H26N4O4/c1-21(2)8-13(23-11-21)10-22-9-12-4-3-5-14-17(12)20(29)25(19(14)28)15-6-7-16(26)24-18(15)27/h3-5,13,15,22-23H,6-11H2,1-2H3,(H,24,26,27). The molecule has 2 fully saturated rings. The molecule has 0 aromatic heterocycles. The normalized spacial score (nSPS) is 26.1. The number of nitrogens with one attached hydrogen (secondary N) is 3. The number of fused-ring (bicyclic) bond motifs is 1. The molecule has 1 aromatic rings. The summed E-state index contributed by atoms with van der Waals surface area (Å²) in [5.41, 5.74) is 1.70. The average Bonchev–Trinajstić information content (AvgIpc) is 3.13. The number of nitrogens with zero attached hydrogens (tertiary/aromatic N) is 1. The van der Waals surface area contributed by atoms with E-state index >= 15 is 0 Å². The van der Waals surface area contributed by atoms with Crippen LogP contribution in [0.3, 0.4) is 0 Å². The van der Waals surface area contributed by atoms with E-state index in [0.717, 1.165) is 30.0 Å². The minimum absolute atomic E-state index is 0.114. The van der Waals surface area contributed by atoms with Crippen LogP contribution in [0.25, 0.3) is 0 Å². The maximum absolute atomic E-state index is 13.1. The van der Waals surface area contributed by atoms with Crippen LogP contribution < -0.4 is 16.0 Å². The monoisotopic (exact) mass is 398 g/mol. The first kappa shape index (κ1) is 19.7. The Balaban J connectivity index is 1.48. The smallest absolute Gasteiger partial charge is 0.262 e. The largest absolute Gasteiger partial charge is 0.312 e. The SMILES string of the molecule is CC1(C)CNC(CNCc2cccc3c2C(=O)N(C2CCC(=O)NC2=O)C3=O)C1. The van der Waals surface area contributed by atoms with Gasteiger partial charge in [0.2, 0.25) is 11.8 Å². The van der Waals surface area contributed by atoms with Gasteiger partial charge < -0.3 is 10.6 Å². The lowest BCUT2D eigenvalue weighted by molar-refractivity contribution is -0.136. The highest BCUT2D eigenvalue weighted by Gasteiger charge is 2.45. The van der Waals surface area contributed by atoms with E-state index in [1.807, 2.05) is 6.07 Å². The Kier molecular flexibility index (Phi) is 5.00. The van der Waals surface area contributed by atoms with Gasteiger partial charge in [-0.25, -0.2) is 0 Å². The molecule has 0 bridgehead atoms. The van der Waals surface area contributed by atoms with Gasteiger partial charge in [0.25, 0.3) is 11.8 Å². The third kappa shape index (κ3) is 3.70. The highest BCUT2D eigenvalue weighted by Crippen LogP contribution is 2.30. The molecular formula is C21H26N4O4. The molecule has 3 N–H and O–H groups in total. The number of benzene rings is 1. The van der Waals surface area contributed by atoms with Crippen molar-refractivity contribution in [1.29, 1.82) is 0 Å². The summed E-state index contributed by atoms with van der Waals surface area (Å²) in [7, 11) is 0. The molecule has 4 amide bonds. The number of rotatable bonds is 5. The van der Waals surface area contributed by atoms with Crippen molar-refractivity contribution < 1.29 is 19.2 Å². The van der Waals surface area contributed by atoms with Crippen LogP contribution in [0.4, 0.5) is 0 Å². The van der Waals surface area contributed by atoms with Gasteiger partial charge in [-0.05, 0) is 29.9 Å². The van der Waals surface area contributed by atoms with Gasteiger partial charge >= 0.3 is 0 Å². The van der Waals surface area contributed by atoms with E-state index in [-0.39, 0.29) is 24.2 Å². The van der Waals surface area contributed by atoms with Crippen LogP contribution in [0.5, 0.6) is 0 Å². The lowest BCUT2D eigenvalue weighted by Gasteiger charge is -2.27. The molecular weight excluding hydrogens is 372 g/mol. The average molecular weight is 398 g/mol. The van der Waals surface area contributed by atoms with E-state index in [1.165, 1.54) is 0 Å². The van der Waals surface area contributed by atoms with Crippen LogP contribution >= 0.6 is 0 Å². The maximum atomic E-state index is 13.1. The summed E-state index contributed by atoms with van der Waals surface area (Å²) in [4.78, 5) is 50.5. The van der Waals surface area contributed by atoms with Gasteiger partial charge in [-0.15, -0.1) is 0 Å². The zero-order valence-electron chi connectivity index (χ0n) is 16.7. The van der Waals surface area contributed by atoms with E-state index < -0.39 is 23.8 Å². The molecule has 8 heteroatoms. The van der Waals surface area contributed by atoms with Gasteiger partial charge in [0.05, 0.1) is 11.1 Å². The van der Waals surface area contributed by atoms with Gasteiger partial charge in [0.1, 0.15) is 6.04 Å². The Hall–Kier alpha value is -2.58. The molecule has 8 nitrogen and oxygen atoms in total. The van der Waals surface area contributed by atoms with Crippen molar-refractivity contribution in [1.82, 2.24) is 20.9 Å². The fraction of sp³-hybridized carbons (Fsp3) is 0.524. The number of hydrogen-bond acceptors (Lipinski definition) is 6. The summed E-state index contributed by atoms with van der Waals surface area (Å²) in [6.45, 7) is 6.68. The lowest BCUT2D eigenvalue weighted by Crippen LogP contribution is -2.54. The molecule has 29 heavy (non-hydrogen) atoms. The first-order valence-corrected chi connectivity index (χ1v) is 10.0. The number of hydrogen-bond donors (Lipinski definition) is 3. The van der Waals surface area contributed by atoms with Gasteiger partial charge in [0.15, 0.2) is 0 Å². The molecule has 0 radical (unpaired) electrons. The predicted octanol–water partition coefficient (Wildman–Crippen LogP) is 0.566. The first-order chi connectivity index (χ1) is 13.8. The van der Waals surface area contributed by atoms with Crippen molar-refractivity contribution in [3.63, 3.8) is 0 Å². The second kappa shape index (κ2) is 7.35. The molecule has 154 valence electrons. The molecule has 0 aliphatic carbocycles. The molecule has 2 atom stereocenters. The molecule has 2 unspecified atom stereocenters. The van der Waals surface area contributed by atoms with Crippen LogP contribution in [-0.2, 0) is 16.1 Å². The molecule has 3 aliphatic heterocycles. The van der Waals surface area contributed by atoms with Gasteiger partial charge in [-0.3, -0.25) is 29.4 Å². The molecule has 4 rings (SSSR count). The topological polar surface area (TPSA) is 108 Å². The molecule has 0 spiro atoms. The third-order valence-electron chi connectivity index (χ3n) is 5.93. The second-order valence-corrected chi connectivity index (χ2v) is 8.86. The summed E-state index contributed by atoms with van der Waals surface area (Å²) in [5, 5.41) is 9.10. The van der Waals surface area contributed by atoms with Crippen LogP contribution in [0.15, 0.2) is 18.2 Å². The van der Waals surface area contributed by atoms with E-state index in [9.17, 15) is 19.2 Å². The van der Waals surface area contributed by atoms with Crippen molar-refractivity contribution in [2.24, 2.45) is 5.41 Å². The summed E-state index contributed by atoms with van der Waals surface area (Å²) >= 11 is 0. The number of carbonyl (C=O) groups excluding carboxylic acids is 4. The zero-order chi connectivity index (χ0) is 20.8. The van der Waals surface area contributed by atoms with Crippen molar-refractivity contribution in [2.45, 2.75) is 51.7 Å². The fourth-order valence-electron chi connectivity index (χ4n) is 4.49. The van der Waals surface area contributed by atoms with Crippen LogP contribution in [-0.4, -0.2) is 53.7 Å². The highest BCUT2D eigenvalue weighted by atomic mass is 16.2. The Morgan fingerprint density at radius 2 is 1.97 bits per heavy atom. The maximum Gasteiger partial charge on any atom is 0.262 e. The summed E-state index contributed by atoms with van der Waals surface area (Å²) in [6, 6.07) is 4.64. The zero-order valence-corrected chi connectivity index (χ0v) is 16.7. The molecule has 1 aromatic carbocycles. The van der Waals surface area contributed by atoms with Crippen molar-refractivity contribution in [2.75, 3.05) is 13.1 Å². The summed E-state index contributed by atoms with van der Waals surface area (Å²) < 4.78 is 0. The number of imide groups is 2. The minimum Gasteiger partial charge on any atom is -0.312 e. The molecule has 3 aliphatic rings. The van der Waals surface area contributed by atoms with Crippen LogP contribution in [0, 0.1) is 5.41 Å². The van der Waals surface area contributed by atoms with Gasteiger partial charge in [-0.2, -0.15) is 0 Å². The summed E-state index contributed by atoms with van der Waals surface area (Å²) in [5.74, 6) is -1.90. The lowest BCUT2D eigenvalue weighted by atomic mass is 9.90. The Morgan fingerprint density at radius 1 is 1.17 bits per heavy atom. The van der Waals surface area contributed by atoms with Crippen molar-refractivity contribution >= 4 is 23.6 Å².